The van der Waals surface area contributed by atoms with Crippen LogP contribution in [0.3, 0.4) is 0 Å². The first-order valence-electron chi connectivity index (χ1n) is 28.5. The van der Waals surface area contributed by atoms with Crippen LogP contribution >= 0.6 is 0 Å². The number of rotatable bonds is 23. The van der Waals surface area contributed by atoms with Crippen molar-refractivity contribution in [2.24, 2.45) is 0 Å². The van der Waals surface area contributed by atoms with Crippen molar-refractivity contribution in [3.8, 4) is 0 Å². The largest absolute Gasteiger partial charge is 0.371 e. The maximum Gasteiger partial charge on any atom is 0.263 e. The number of carbonyl (C=O) groups is 4. The fourth-order valence-corrected chi connectivity index (χ4v) is 13.4. The van der Waals surface area contributed by atoms with Crippen LogP contribution < -0.4 is 10.1 Å². The van der Waals surface area contributed by atoms with E-state index in [0.717, 1.165) is 230 Å². The fraction of sp³-hybridized carbons (Fsp3) is 0.477. The molecule has 3 aliphatic rings. The Morgan fingerprint density at radius 1 is 0.472 bits per heavy atom. The van der Waals surface area contributed by atoms with Crippen molar-refractivity contribution >= 4 is 107 Å². The number of carbonyl (C=O) groups excluding carboxylic acids is 4. The van der Waals surface area contributed by atoms with E-state index in [0.29, 0.717) is 21.9 Å². The first kappa shape index (κ1) is 49.7. The van der Waals surface area contributed by atoms with Gasteiger partial charge < -0.3 is 4.90 Å². The van der Waals surface area contributed by atoms with Gasteiger partial charge in [0.25, 0.3) is 17.7 Å². The zero-order valence-electron chi connectivity index (χ0n) is 43.9. The van der Waals surface area contributed by atoms with E-state index < -0.39 is 0 Å². The molecule has 7 aromatic carbocycles. The summed E-state index contributed by atoms with van der Waals surface area (Å²) in [5, 5.41) is 13.2. The number of fused-ring (bicyclic) bond motifs is 5. The monoisotopic (exact) mass is 964 g/mol. The Morgan fingerprint density at radius 3 is 1.47 bits per heavy atom. The molecule has 10 rings (SSSR count). The van der Waals surface area contributed by atoms with Crippen LogP contribution in [0.4, 0.5) is 5.69 Å². The lowest BCUT2D eigenvalue weighted by atomic mass is 9.80. The van der Waals surface area contributed by atoms with Gasteiger partial charge in [0.05, 0.1) is 11.3 Å². The van der Waals surface area contributed by atoms with Gasteiger partial charge in [-0.1, -0.05) is 186 Å². The normalized spacial score (nSPS) is 15.5. The molecule has 3 heterocycles. The summed E-state index contributed by atoms with van der Waals surface area (Å²) in [6.07, 6.45) is 27.3. The van der Waals surface area contributed by atoms with E-state index in [1.807, 2.05) is 18.2 Å². The Hall–Kier alpha value is -5.82. The molecule has 7 nitrogen and oxygen atoms in total. The molecule has 0 aliphatic carbocycles. The second-order valence-electron chi connectivity index (χ2n) is 21.8. The highest BCUT2D eigenvalue weighted by Crippen LogP contribution is 2.50. The molecule has 0 aromatic heterocycles. The summed E-state index contributed by atoms with van der Waals surface area (Å²) in [7, 11) is 0. The molecule has 1 fully saturated rings. The average molecular weight is 964 g/mol. The standard InChI is InChI=1S/C65H77N3O4/c1-6-10-14-18-25-43(26-19-15-11-7-2)67-56(69)30-24-29-46-48-33-34-50-51-37-38-53-61-60(51)54(52-36-35-49(58(48)59(50)52)47-32-31-45(63(67)70)42(5)57(46)47)41-55(66-39-22-23-40-66)62(61)65(72)68(64(53)71)44(27-20-16-12-8-3)28-21-17-13-9-4/h24,29,31-38,41,43-44H,5-23,25-28,30,39-40H2,1-4H3. The van der Waals surface area contributed by atoms with Crippen molar-refractivity contribution < 1.29 is 19.2 Å². The first-order chi connectivity index (χ1) is 35.2. The number of anilines is 1. The number of hydrogen-bond donors (Lipinski definition) is 0. The molecule has 4 amide bonds. The topological polar surface area (TPSA) is 78.0 Å². The summed E-state index contributed by atoms with van der Waals surface area (Å²) in [6, 6.07) is 19.1. The fourth-order valence-electron chi connectivity index (χ4n) is 13.4. The molecule has 0 N–H and O–H groups in total. The van der Waals surface area contributed by atoms with Crippen LogP contribution in [0.1, 0.15) is 212 Å². The molecule has 72 heavy (non-hydrogen) atoms. The Balaban J connectivity index is 1.15. The molecule has 1 saturated heterocycles. The molecular weight excluding hydrogens is 887 g/mol. The molecule has 2 bridgehead atoms. The molecule has 7 aromatic rings. The number of imide groups is 2. The Bertz CT molecular complexity index is 3240. The third kappa shape index (κ3) is 8.74. The van der Waals surface area contributed by atoms with Gasteiger partial charge >= 0.3 is 0 Å². The highest BCUT2D eigenvalue weighted by molar-refractivity contribution is 6.43. The van der Waals surface area contributed by atoms with E-state index in [4.69, 9.17) is 0 Å². The zero-order valence-corrected chi connectivity index (χ0v) is 43.9. The van der Waals surface area contributed by atoms with Gasteiger partial charge in [0.1, 0.15) is 0 Å². The summed E-state index contributed by atoms with van der Waals surface area (Å²) in [5.74, 6) is -0.648. The van der Waals surface area contributed by atoms with Gasteiger partial charge in [-0.2, -0.15) is 0 Å². The van der Waals surface area contributed by atoms with E-state index in [1.54, 1.807) is 9.80 Å². The SMILES string of the molecule is C=c1c2ccc3c1c(c1ccc4c5ccc6c7c(c(N8CCCC8)cc(c8ccc3c1c48)c75)C(=O)N(C(CCCCCC)CCCCCC)C6=O)C=CCC(=O)N(C(CCCCCC)CCCCCC)C2=O. The van der Waals surface area contributed by atoms with Gasteiger partial charge in [0, 0.05) is 48.1 Å². The van der Waals surface area contributed by atoms with Crippen molar-refractivity contribution in [3.05, 3.63) is 88.1 Å². The number of hydrogen-bond acceptors (Lipinski definition) is 5. The number of unbranched alkanes of at least 4 members (excludes halogenated alkanes) is 12. The molecule has 0 spiro atoms. The summed E-state index contributed by atoms with van der Waals surface area (Å²) in [5.41, 5.74) is 3.77. The number of nitrogens with zero attached hydrogens (tertiary/aromatic N) is 3. The molecule has 0 saturated carbocycles. The minimum absolute atomic E-state index is 0.126. The third-order valence-electron chi connectivity index (χ3n) is 17.1. The van der Waals surface area contributed by atoms with Gasteiger partial charge in [-0.15, -0.1) is 0 Å². The van der Waals surface area contributed by atoms with Gasteiger partial charge in [-0.25, -0.2) is 0 Å². The van der Waals surface area contributed by atoms with E-state index >= 15 is 9.59 Å². The third-order valence-corrected chi connectivity index (χ3v) is 17.1. The molecule has 0 radical (unpaired) electrons. The Kier molecular flexibility index (Phi) is 15.0. The van der Waals surface area contributed by atoms with Gasteiger partial charge in [-0.3, -0.25) is 29.0 Å². The minimum Gasteiger partial charge on any atom is -0.371 e. The van der Waals surface area contributed by atoms with Crippen molar-refractivity contribution in [2.45, 2.75) is 187 Å². The summed E-state index contributed by atoms with van der Waals surface area (Å²) in [4.78, 5) is 65.8. The molecule has 376 valence electrons. The predicted molar refractivity (Wildman–Crippen MR) is 303 cm³/mol. The van der Waals surface area contributed by atoms with E-state index in [9.17, 15) is 9.59 Å². The number of benzene rings is 7. The van der Waals surface area contributed by atoms with Crippen molar-refractivity contribution in [2.75, 3.05) is 18.0 Å². The van der Waals surface area contributed by atoms with Crippen molar-refractivity contribution in [1.82, 2.24) is 9.80 Å². The van der Waals surface area contributed by atoms with Crippen LogP contribution in [-0.4, -0.2) is 58.6 Å². The first-order valence-corrected chi connectivity index (χ1v) is 28.5. The maximum absolute atomic E-state index is 15.5. The predicted octanol–water partition coefficient (Wildman–Crippen LogP) is 16.4. The van der Waals surface area contributed by atoms with Crippen molar-refractivity contribution in [1.29, 1.82) is 0 Å². The molecule has 0 atom stereocenters. The van der Waals surface area contributed by atoms with Crippen LogP contribution in [0.5, 0.6) is 0 Å². The smallest absolute Gasteiger partial charge is 0.263 e. The lowest BCUT2D eigenvalue weighted by Gasteiger charge is -2.37. The van der Waals surface area contributed by atoms with E-state index in [1.165, 1.54) is 0 Å². The average Bonchev–Trinajstić information content (AvgIpc) is 3.93. The molecule has 3 aliphatic heterocycles. The number of amides is 4. The molecule has 7 heteroatoms. The quantitative estimate of drug-likeness (QED) is 0.0276. The highest BCUT2D eigenvalue weighted by atomic mass is 16.2. The second kappa shape index (κ2) is 21.7. The Morgan fingerprint density at radius 2 is 0.917 bits per heavy atom. The van der Waals surface area contributed by atoms with Crippen LogP contribution in [0.2, 0.25) is 0 Å². The van der Waals surface area contributed by atoms with Crippen LogP contribution in [0, 0.1) is 0 Å². The lowest BCUT2D eigenvalue weighted by molar-refractivity contribution is -0.129. The van der Waals surface area contributed by atoms with E-state index in [2.05, 4.69) is 87.7 Å². The van der Waals surface area contributed by atoms with Gasteiger partial charge in [0.15, 0.2) is 0 Å². The van der Waals surface area contributed by atoms with Crippen LogP contribution in [0.25, 0.3) is 77.3 Å². The Labute approximate surface area is 427 Å². The summed E-state index contributed by atoms with van der Waals surface area (Å²) in [6.45, 7) is 15.3. The zero-order chi connectivity index (χ0) is 50.0. The molecular formula is C65H77N3O4. The summed E-state index contributed by atoms with van der Waals surface area (Å²) < 4.78 is 0. The van der Waals surface area contributed by atoms with Gasteiger partial charge in [-0.05, 0) is 127 Å². The van der Waals surface area contributed by atoms with Gasteiger partial charge in [0.2, 0.25) is 5.91 Å². The van der Waals surface area contributed by atoms with Crippen LogP contribution in [0.15, 0.2) is 60.7 Å². The van der Waals surface area contributed by atoms with Crippen LogP contribution in [-0.2, 0) is 4.79 Å². The van der Waals surface area contributed by atoms with E-state index in [-0.39, 0.29) is 42.1 Å². The van der Waals surface area contributed by atoms with Crippen molar-refractivity contribution in [3.63, 3.8) is 0 Å². The maximum atomic E-state index is 15.5. The minimum atomic E-state index is -0.227. The second-order valence-corrected chi connectivity index (χ2v) is 21.8. The highest BCUT2D eigenvalue weighted by Gasteiger charge is 2.41. The molecule has 0 unspecified atom stereocenters. The lowest BCUT2D eigenvalue weighted by Crippen LogP contribution is -2.47. The summed E-state index contributed by atoms with van der Waals surface area (Å²) >= 11 is 0.